The Morgan fingerprint density at radius 3 is 2.77 bits per heavy atom. The lowest BCUT2D eigenvalue weighted by Gasteiger charge is -2.27. The number of ether oxygens (including phenoxy) is 1. The van der Waals surface area contributed by atoms with Crippen LogP contribution in [0.15, 0.2) is 24.3 Å². The van der Waals surface area contributed by atoms with Gasteiger partial charge in [-0.3, -0.25) is 9.59 Å². The molecule has 8 heteroatoms. The standard InChI is InChI=1S/C18H19N3O4S/c1-10-8-15(22)20-13-6-4-5-7-14(13)21(10)16(23)9-25-18(24)17-11(2)19-12(3)26-17/h4-7,10H,8-9H2,1-3H3,(H,20,22)/t10-/m1/s1. The zero-order chi connectivity index (χ0) is 18.8. The lowest BCUT2D eigenvalue weighted by molar-refractivity contribution is -0.122. The van der Waals surface area contributed by atoms with Crippen molar-refractivity contribution in [3.8, 4) is 0 Å². The van der Waals surface area contributed by atoms with Gasteiger partial charge in [0.25, 0.3) is 5.91 Å². The summed E-state index contributed by atoms with van der Waals surface area (Å²) in [6, 6.07) is 6.72. The zero-order valence-electron chi connectivity index (χ0n) is 14.7. The molecule has 1 aromatic heterocycles. The van der Waals surface area contributed by atoms with E-state index in [4.69, 9.17) is 4.74 Å². The Hall–Kier alpha value is -2.74. The minimum Gasteiger partial charge on any atom is -0.451 e. The third kappa shape index (κ3) is 3.60. The molecule has 0 unspecified atom stereocenters. The highest BCUT2D eigenvalue weighted by atomic mass is 32.1. The minimum absolute atomic E-state index is 0.159. The maximum Gasteiger partial charge on any atom is 0.350 e. The van der Waals surface area contributed by atoms with Gasteiger partial charge >= 0.3 is 5.97 Å². The second kappa shape index (κ2) is 7.25. The molecule has 0 fully saturated rings. The van der Waals surface area contributed by atoms with Gasteiger partial charge in [-0.05, 0) is 32.9 Å². The van der Waals surface area contributed by atoms with E-state index in [1.807, 2.05) is 0 Å². The average Bonchev–Trinajstić information content (AvgIpc) is 2.85. The predicted molar refractivity (Wildman–Crippen MR) is 98.5 cm³/mol. The van der Waals surface area contributed by atoms with E-state index < -0.39 is 12.6 Å². The Bertz CT molecular complexity index is 877. The molecule has 0 saturated carbocycles. The van der Waals surface area contributed by atoms with Crippen molar-refractivity contribution in [2.45, 2.75) is 33.2 Å². The van der Waals surface area contributed by atoms with Crippen molar-refractivity contribution in [1.82, 2.24) is 4.98 Å². The molecule has 26 heavy (non-hydrogen) atoms. The second-order valence-electron chi connectivity index (χ2n) is 6.11. The number of para-hydroxylation sites is 2. The largest absolute Gasteiger partial charge is 0.451 e. The summed E-state index contributed by atoms with van der Waals surface area (Å²) >= 11 is 1.24. The van der Waals surface area contributed by atoms with Crippen LogP contribution in [0.3, 0.4) is 0 Å². The molecule has 0 aliphatic carbocycles. The third-order valence-electron chi connectivity index (χ3n) is 4.04. The van der Waals surface area contributed by atoms with Crippen LogP contribution in [0.25, 0.3) is 0 Å². The fraction of sp³-hybridized carbons (Fsp3) is 0.333. The second-order valence-corrected chi connectivity index (χ2v) is 7.31. The van der Waals surface area contributed by atoms with Gasteiger partial charge in [0.1, 0.15) is 4.88 Å². The highest BCUT2D eigenvalue weighted by molar-refractivity contribution is 7.13. The average molecular weight is 373 g/mol. The highest BCUT2D eigenvalue weighted by Gasteiger charge is 2.30. The number of hydrogen-bond acceptors (Lipinski definition) is 6. The lowest BCUT2D eigenvalue weighted by atomic mass is 10.1. The van der Waals surface area contributed by atoms with Gasteiger partial charge in [-0.1, -0.05) is 12.1 Å². The molecule has 0 spiro atoms. The summed E-state index contributed by atoms with van der Waals surface area (Å²) in [6.45, 7) is 4.92. The molecule has 7 nitrogen and oxygen atoms in total. The number of rotatable bonds is 3. The first kappa shape index (κ1) is 18.1. The molecule has 0 saturated heterocycles. The van der Waals surface area contributed by atoms with Crippen LogP contribution in [0, 0.1) is 13.8 Å². The molecule has 1 aliphatic rings. The number of fused-ring (bicyclic) bond motifs is 1. The van der Waals surface area contributed by atoms with Crippen LogP contribution in [0.2, 0.25) is 0 Å². The monoisotopic (exact) mass is 373 g/mol. The van der Waals surface area contributed by atoms with Gasteiger partial charge in [0.2, 0.25) is 5.91 Å². The summed E-state index contributed by atoms with van der Waals surface area (Å²) < 4.78 is 5.20. The number of amides is 2. The van der Waals surface area contributed by atoms with Crippen LogP contribution in [-0.4, -0.2) is 35.4 Å². The Morgan fingerprint density at radius 2 is 2.08 bits per heavy atom. The van der Waals surface area contributed by atoms with Crippen LogP contribution in [0.1, 0.15) is 33.7 Å². The first-order valence-corrected chi connectivity index (χ1v) is 9.00. The number of hydrogen-bond donors (Lipinski definition) is 1. The maximum absolute atomic E-state index is 12.8. The van der Waals surface area contributed by atoms with Crippen molar-refractivity contribution < 1.29 is 19.1 Å². The fourth-order valence-corrected chi connectivity index (χ4v) is 3.76. The smallest absolute Gasteiger partial charge is 0.350 e. The summed E-state index contributed by atoms with van der Waals surface area (Å²) in [5.74, 6) is -1.10. The molecule has 0 radical (unpaired) electrons. The number of aryl methyl sites for hydroxylation is 2. The third-order valence-corrected chi connectivity index (χ3v) is 5.10. The van der Waals surface area contributed by atoms with E-state index in [9.17, 15) is 14.4 Å². The van der Waals surface area contributed by atoms with Crippen molar-refractivity contribution in [3.63, 3.8) is 0 Å². The minimum atomic E-state index is -0.564. The van der Waals surface area contributed by atoms with Crippen molar-refractivity contribution >= 4 is 40.5 Å². The Morgan fingerprint density at radius 1 is 1.35 bits per heavy atom. The number of anilines is 2. The van der Waals surface area contributed by atoms with Gasteiger partial charge in [-0.15, -0.1) is 11.3 Å². The lowest BCUT2D eigenvalue weighted by Crippen LogP contribution is -2.41. The van der Waals surface area contributed by atoms with Crippen LogP contribution in [-0.2, 0) is 14.3 Å². The van der Waals surface area contributed by atoms with Gasteiger partial charge in [0.15, 0.2) is 6.61 Å². The molecule has 2 heterocycles. The van der Waals surface area contributed by atoms with Gasteiger partial charge in [0.05, 0.1) is 22.1 Å². The van der Waals surface area contributed by atoms with E-state index in [1.54, 1.807) is 45.0 Å². The van der Waals surface area contributed by atoms with Crippen molar-refractivity contribution in [2.24, 2.45) is 0 Å². The highest BCUT2D eigenvalue weighted by Crippen LogP contribution is 2.31. The van der Waals surface area contributed by atoms with E-state index in [0.29, 0.717) is 21.9 Å². The topological polar surface area (TPSA) is 88.6 Å². The Balaban J connectivity index is 1.77. The molecule has 136 valence electrons. The van der Waals surface area contributed by atoms with Gasteiger partial charge in [-0.25, -0.2) is 9.78 Å². The van der Waals surface area contributed by atoms with Crippen molar-refractivity contribution in [2.75, 3.05) is 16.8 Å². The Labute approximate surface area is 155 Å². The van der Waals surface area contributed by atoms with E-state index in [-0.39, 0.29) is 24.3 Å². The maximum atomic E-state index is 12.8. The van der Waals surface area contributed by atoms with Crippen LogP contribution in [0.5, 0.6) is 0 Å². The predicted octanol–water partition coefficient (Wildman–Crippen LogP) is 2.68. The van der Waals surface area contributed by atoms with Crippen LogP contribution < -0.4 is 10.2 Å². The molecular formula is C18H19N3O4S. The van der Waals surface area contributed by atoms with E-state index in [0.717, 1.165) is 5.01 Å². The molecule has 1 aromatic carbocycles. The molecule has 1 atom stereocenters. The van der Waals surface area contributed by atoms with Crippen molar-refractivity contribution in [3.05, 3.63) is 39.8 Å². The quantitative estimate of drug-likeness (QED) is 0.836. The first-order chi connectivity index (χ1) is 12.4. The van der Waals surface area contributed by atoms with Gasteiger partial charge in [-0.2, -0.15) is 0 Å². The summed E-state index contributed by atoms with van der Waals surface area (Å²) in [7, 11) is 0. The molecule has 1 N–H and O–H groups in total. The number of thiazole rings is 1. The fourth-order valence-electron chi connectivity index (χ4n) is 2.95. The van der Waals surface area contributed by atoms with Gasteiger partial charge in [0, 0.05) is 12.5 Å². The number of aromatic nitrogens is 1. The normalized spacial score (nSPS) is 16.5. The number of benzene rings is 1. The number of nitrogens with zero attached hydrogens (tertiary/aromatic N) is 2. The SMILES string of the molecule is Cc1nc(C)c(C(=O)OCC(=O)N2c3ccccc3NC(=O)C[C@H]2C)s1. The van der Waals surface area contributed by atoms with Crippen molar-refractivity contribution in [1.29, 1.82) is 0 Å². The number of carbonyl (C=O) groups excluding carboxylic acids is 3. The Kier molecular flexibility index (Phi) is 5.03. The number of carbonyl (C=O) groups is 3. The molecule has 0 bridgehead atoms. The molecule has 2 amide bonds. The van der Waals surface area contributed by atoms with Gasteiger partial charge < -0.3 is 15.0 Å². The summed E-state index contributed by atoms with van der Waals surface area (Å²) in [5.41, 5.74) is 1.75. The number of esters is 1. The summed E-state index contributed by atoms with van der Waals surface area (Å²) in [6.07, 6.45) is 0.168. The molecular weight excluding hydrogens is 354 g/mol. The van der Waals surface area contributed by atoms with E-state index in [1.165, 1.54) is 16.2 Å². The van der Waals surface area contributed by atoms with E-state index in [2.05, 4.69) is 10.3 Å². The molecule has 2 aromatic rings. The molecule has 1 aliphatic heterocycles. The first-order valence-electron chi connectivity index (χ1n) is 8.19. The zero-order valence-corrected chi connectivity index (χ0v) is 15.6. The number of nitrogens with one attached hydrogen (secondary N) is 1. The summed E-state index contributed by atoms with van der Waals surface area (Å²) in [4.78, 5) is 43.0. The van der Waals surface area contributed by atoms with E-state index >= 15 is 0 Å². The summed E-state index contributed by atoms with van der Waals surface area (Å²) in [5, 5.41) is 3.56. The molecule has 3 rings (SSSR count). The van der Waals surface area contributed by atoms with Crippen LogP contribution in [0.4, 0.5) is 11.4 Å². The van der Waals surface area contributed by atoms with Crippen LogP contribution >= 0.6 is 11.3 Å².